The molecule has 0 amide bonds. The van der Waals surface area contributed by atoms with E-state index in [1.54, 1.807) is 24.7 Å². The molecule has 3 aromatic heterocycles. The molecule has 0 unspecified atom stereocenters. The van der Waals surface area contributed by atoms with Crippen LogP contribution in [0.4, 0.5) is 0 Å². The molecule has 0 aliphatic carbocycles. The minimum Gasteiger partial charge on any atom is -0.465 e. The van der Waals surface area contributed by atoms with Gasteiger partial charge in [-0.05, 0) is 29.8 Å². The average molecular weight is 386 g/mol. The fourth-order valence-electron chi connectivity index (χ4n) is 3.01. The van der Waals surface area contributed by atoms with Gasteiger partial charge in [-0.2, -0.15) is 0 Å². The Balaban J connectivity index is 1.81. The molecular weight excluding hydrogens is 373 g/mol. The van der Waals surface area contributed by atoms with Crippen LogP contribution in [0.1, 0.15) is 15.9 Å². The highest BCUT2D eigenvalue weighted by molar-refractivity contribution is 6.31. The SMILES string of the molecule is COC(=O)c1cn(Cc2ccc3ncc(Cl)cc3c2)c2cnc(Cl)cc12. The number of rotatable bonds is 3. The third kappa shape index (κ3) is 3.00. The Labute approximate surface area is 159 Å². The second-order valence-corrected chi connectivity index (χ2v) is 6.69. The van der Waals surface area contributed by atoms with E-state index in [1.807, 2.05) is 28.8 Å². The number of methoxy groups -OCH3 is 1. The maximum atomic E-state index is 12.1. The number of halogens is 2. The van der Waals surface area contributed by atoms with Crippen LogP contribution < -0.4 is 0 Å². The lowest BCUT2D eigenvalue weighted by molar-refractivity contribution is 0.0602. The van der Waals surface area contributed by atoms with Crippen LogP contribution in [0.5, 0.6) is 0 Å². The lowest BCUT2D eigenvalue weighted by atomic mass is 10.1. The summed E-state index contributed by atoms with van der Waals surface area (Å²) in [6.45, 7) is 0.555. The second-order valence-electron chi connectivity index (χ2n) is 5.87. The number of pyridine rings is 2. The van der Waals surface area contributed by atoms with Gasteiger partial charge in [0, 0.05) is 29.7 Å². The summed E-state index contributed by atoms with van der Waals surface area (Å²) in [7, 11) is 1.36. The van der Waals surface area contributed by atoms with Gasteiger partial charge in [0.2, 0.25) is 0 Å². The molecule has 4 rings (SSSR count). The quantitative estimate of drug-likeness (QED) is 0.378. The number of nitrogens with zero attached hydrogens (tertiary/aromatic N) is 3. The first-order chi connectivity index (χ1) is 12.5. The number of aromatic nitrogens is 3. The van der Waals surface area contributed by atoms with Gasteiger partial charge in [-0.25, -0.2) is 9.78 Å². The van der Waals surface area contributed by atoms with Crippen molar-refractivity contribution in [3.63, 3.8) is 0 Å². The number of hydrogen-bond acceptors (Lipinski definition) is 4. The molecule has 0 fully saturated rings. The van der Waals surface area contributed by atoms with Crippen molar-refractivity contribution >= 4 is 51.0 Å². The van der Waals surface area contributed by atoms with Crippen molar-refractivity contribution in [3.05, 3.63) is 70.2 Å². The van der Waals surface area contributed by atoms with Gasteiger partial charge in [-0.3, -0.25) is 4.98 Å². The Morgan fingerprint density at radius 1 is 1.15 bits per heavy atom. The van der Waals surface area contributed by atoms with E-state index in [0.717, 1.165) is 22.0 Å². The Bertz CT molecular complexity index is 1150. The van der Waals surface area contributed by atoms with Gasteiger partial charge in [0.15, 0.2) is 0 Å². The van der Waals surface area contributed by atoms with E-state index in [1.165, 1.54) is 7.11 Å². The van der Waals surface area contributed by atoms with Crippen molar-refractivity contribution in [1.29, 1.82) is 0 Å². The summed E-state index contributed by atoms with van der Waals surface area (Å²) in [6.07, 6.45) is 5.04. The number of fused-ring (bicyclic) bond motifs is 2. The first-order valence-electron chi connectivity index (χ1n) is 7.82. The number of benzene rings is 1. The van der Waals surface area contributed by atoms with Crippen LogP contribution in [0.2, 0.25) is 10.2 Å². The summed E-state index contributed by atoms with van der Waals surface area (Å²) in [5.41, 5.74) is 3.18. The molecule has 130 valence electrons. The fourth-order valence-corrected chi connectivity index (χ4v) is 3.34. The molecule has 0 saturated heterocycles. The Kier molecular flexibility index (Phi) is 4.26. The highest BCUT2D eigenvalue weighted by atomic mass is 35.5. The standard InChI is InChI=1S/C19H13Cl2N3O2/c1-26-19(25)15-10-24(17-8-23-18(21)6-14(15)17)9-11-2-3-16-12(4-11)5-13(20)7-22-16/h2-8,10H,9H2,1H3. The van der Waals surface area contributed by atoms with Crippen molar-refractivity contribution in [3.8, 4) is 0 Å². The van der Waals surface area contributed by atoms with E-state index < -0.39 is 5.97 Å². The molecule has 0 bridgehead atoms. The Hall–Kier alpha value is -2.63. The molecule has 1 aromatic carbocycles. The monoisotopic (exact) mass is 385 g/mol. The van der Waals surface area contributed by atoms with E-state index in [9.17, 15) is 4.79 Å². The second kappa shape index (κ2) is 6.59. The number of esters is 1. The zero-order chi connectivity index (χ0) is 18.3. The molecular formula is C19H13Cl2N3O2. The molecule has 0 aliphatic heterocycles. The number of carbonyl (C=O) groups excluding carboxylic acids is 1. The van der Waals surface area contributed by atoms with E-state index in [-0.39, 0.29) is 0 Å². The fraction of sp³-hybridized carbons (Fsp3) is 0.105. The van der Waals surface area contributed by atoms with Gasteiger partial charge < -0.3 is 9.30 Å². The van der Waals surface area contributed by atoms with Crippen LogP contribution >= 0.6 is 23.2 Å². The van der Waals surface area contributed by atoms with Gasteiger partial charge >= 0.3 is 5.97 Å². The lowest BCUT2D eigenvalue weighted by Crippen LogP contribution is -2.01. The largest absolute Gasteiger partial charge is 0.465 e. The predicted octanol–water partition coefficient (Wildman–Crippen LogP) is 4.73. The molecule has 0 N–H and O–H groups in total. The van der Waals surface area contributed by atoms with Crippen LogP contribution in [0.3, 0.4) is 0 Å². The van der Waals surface area contributed by atoms with Crippen LogP contribution in [-0.4, -0.2) is 27.6 Å². The van der Waals surface area contributed by atoms with Gasteiger partial charge in [0.25, 0.3) is 0 Å². The van der Waals surface area contributed by atoms with E-state index in [2.05, 4.69) is 9.97 Å². The van der Waals surface area contributed by atoms with Crippen molar-refractivity contribution in [2.75, 3.05) is 7.11 Å². The molecule has 26 heavy (non-hydrogen) atoms. The van der Waals surface area contributed by atoms with Crippen LogP contribution in [-0.2, 0) is 11.3 Å². The molecule has 4 aromatic rings. The van der Waals surface area contributed by atoms with Crippen LogP contribution in [0.15, 0.2) is 48.9 Å². The Morgan fingerprint density at radius 3 is 2.81 bits per heavy atom. The van der Waals surface area contributed by atoms with Crippen molar-refractivity contribution in [2.45, 2.75) is 6.54 Å². The summed E-state index contributed by atoms with van der Waals surface area (Å²) >= 11 is 12.0. The highest BCUT2D eigenvalue weighted by Crippen LogP contribution is 2.26. The highest BCUT2D eigenvalue weighted by Gasteiger charge is 2.16. The minimum absolute atomic E-state index is 0.326. The zero-order valence-corrected chi connectivity index (χ0v) is 15.3. The van der Waals surface area contributed by atoms with Gasteiger partial charge in [0.05, 0.1) is 34.9 Å². The zero-order valence-electron chi connectivity index (χ0n) is 13.7. The van der Waals surface area contributed by atoms with E-state index in [4.69, 9.17) is 27.9 Å². The van der Waals surface area contributed by atoms with Crippen molar-refractivity contribution in [1.82, 2.24) is 14.5 Å². The topological polar surface area (TPSA) is 57.0 Å². The van der Waals surface area contributed by atoms with E-state index >= 15 is 0 Å². The third-order valence-electron chi connectivity index (χ3n) is 4.20. The summed E-state index contributed by atoms with van der Waals surface area (Å²) in [5, 5.41) is 2.59. The lowest BCUT2D eigenvalue weighted by Gasteiger charge is -2.07. The number of carbonyl (C=O) groups is 1. The van der Waals surface area contributed by atoms with Gasteiger partial charge in [-0.1, -0.05) is 29.3 Å². The first-order valence-corrected chi connectivity index (χ1v) is 8.57. The molecule has 3 heterocycles. The van der Waals surface area contributed by atoms with Crippen molar-refractivity contribution < 1.29 is 9.53 Å². The third-order valence-corrected chi connectivity index (χ3v) is 4.62. The molecule has 0 radical (unpaired) electrons. The number of hydrogen-bond donors (Lipinski definition) is 0. The van der Waals surface area contributed by atoms with Crippen molar-refractivity contribution in [2.24, 2.45) is 0 Å². The summed E-state index contributed by atoms with van der Waals surface area (Å²) < 4.78 is 6.83. The van der Waals surface area contributed by atoms with Gasteiger partial charge in [0.1, 0.15) is 5.15 Å². The summed E-state index contributed by atoms with van der Waals surface area (Å²) in [4.78, 5) is 20.5. The average Bonchev–Trinajstić information content (AvgIpc) is 2.98. The van der Waals surface area contributed by atoms with Gasteiger partial charge in [-0.15, -0.1) is 0 Å². The molecule has 0 atom stereocenters. The summed E-state index contributed by atoms with van der Waals surface area (Å²) in [5.74, 6) is -0.412. The number of ether oxygens (including phenoxy) is 1. The molecule has 7 heteroatoms. The summed E-state index contributed by atoms with van der Waals surface area (Å²) in [6, 6.07) is 9.52. The minimum atomic E-state index is -0.412. The van der Waals surface area contributed by atoms with Crippen LogP contribution in [0.25, 0.3) is 21.8 Å². The molecule has 0 spiro atoms. The molecule has 0 saturated carbocycles. The smallest absolute Gasteiger partial charge is 0.340 e. The van der Waals surface area contributed by atoms with E-state index in [0.29, 0.717) is 27.7 Å². The normalized spacial score (nSPS) is 11.2. The molecule has 5 nitrogen and oxygen atoms in total. The Morgan fingerprint density at radius 2 is 2.00 bits per heavy atom. The maximum absolute atomic E-state index is 12.1. The maximum Gasteiger partial charge on any atom is 0.340 e. The predicted molar refractivity (Wildman–Crippen MR) is 102 cm³/mol. The van der Waals surface area contributed by atoms with Crippen LogP contribution in [0, 0.1) is 0 Å². The first kappa shape index (κ1) is 16.8. The molecule has 0 aliphatic rings.